The maximum Gasteiger partial charge on any atom is 0.326 e. The van der Waals surface area contributed by atoms with Gasteiger partial charge in [0, 0.05) is 21.2 Å². The van der Waals surface area contributed by atoms with Crippen LogP contribution in [0.5, 0.6) is 11.5 Å². The molecule has 46 heavy (non-hydrogen) atoms. The maximum absolute atomic E-state index is 13.5. The fraction of sp³-hybridized carbons (Fsp3) is 0.0541. The Morgan fingerprint density at radius 2 is 1.50 bits per heavy atom. The smallest absolute Gasteiger partial charge is 0.326 e. The van der Waals surface area contributed by atoms with E-state index in [1.807, 2.05) is 103 Å². The number of aliphatic carboxylic acids is 1. The van der Waals surface area contributed by atoms with Crippen LogP contribution in [0.1, 0.15) is 25.6 Å². The van der Waals surface area contributed by atoms with Crippen LogP contribution >= 0.6 is 27.3 Å². The van der Waals surface area contributed by atoms with E-state index in [-0.39, 0.29) is 23.6 Å². The van der Waals surface area contributed by atoms with Gasteiger partial charge in [-0.1, -0.05) is 94.8 Å². The number of ether oxygens (including phenoxy) is 1. The zero-order valence-corrected chi connectivity index (χ0v) is 26.7. The van der Waals surface area contributed by atoms with Crippen molar-refractivity contribution in [2.75, 3.05) is 5.32 Å². The van der Waals surface area contributed by atoms with Crippen LogP contribution in [0, 0.1) is 0 Å². The maximum atomic E-state index is 13.5. The lowest BCUT2D eigenvalue weighted by molar-refractivity contribution is -0.139. The number of carboxylic acid groups (broad SMARTS) is 1. The third-order valence-electron chi connectivity index (χ3n) is 7.29. The van der Waals surface area contributed by atoms with E-state index in [9.17, 15) is 19.5 Å². The summed E-state index contributed by atoms with van der Waals surface area (Å²) in [4.78, 5) is 39.3. The van der Waals surface area contributed by atoms with Gasteiger partial charge in [0.1, 0.15) is 17.5 Å². The molecule has 0 aliphatic carbocycles. The van der Waals surface area contributed by atoms with Crippen LogP contribution in [0.4, 0.5) is 5.69 Å². The molecule has 0 aliphatic rings. The largest absolute Gasteiger partial charge is 0.480 e. The van der Waals surface area contributed by atoms with Crippen LogP contribution in [0.3, 0.4) is 0 Å². The number of carbonyl (C=O) groups is 3. The first-order valence-electron chi connectivity index (χ1n) is 14.4. The molecule has 0 bridgehead atoms. The second-order valence-corrected chi connectivity index (χ2v) is 12.5. The number of anilines is 1. The minimum Gasteiger partial charge on any atom is -0.480 e. The summed E-state index contributed by atoms with van der Waals surface area (Å²) >= 11 is 4.73. The number of carbonyl (C=O) groups excluding carboxylic acids is 2. The Balaban J connectivity index is 1.17. The molecule has 0 fully saturated rings. The van der Waals surface area contributed by atoms with Crippen molar-refractivity contribution in [3.05, 3.63) is 148 Å². The van der Waals surface area contributed by atoms with Gasteiger partial charge in [0.15, 0.2) is 0 Å². The Hall–Kier alpha value is -5.25. The third-order valence-corrected chi connectivity index (χ3v) is 8.90. The Morgan fingerprint density at radius 3 is 2.26 bits per heavy atom. The van der Waals surface area contributed by atoms with Gasteiger partial charge >= 0.3 is 5.97 Å². The lowest BCUT2D eigenvalue weighted by atomic mass is 9.99. The van der Waals surface area contributed by atoms with E-state index in [1.54, 1.807) is 24.3 Å². The summed E-state index contributed by atoms with van der Waals surface area (Å²) in [6.07, 6.45) is 0.0565. The van der Waals surface area contributed by atoms with Crippen molar-refractivity contribution in [1.82, 2.24) is 5.32 Å². The Bertz CT molecular complexity index is 2010. The predicted octanol–water partition coefficient (Wildman–Crippen LogP) is 8.80. The minimum atomic E-state index is -1.21. The first-order valence-corrected chi connectivity index (χ1v) is 16.0. The number of fused-ring (bicyclic) bond motifs is 1. The molecule has 3 N–H and O–H groups in total. The summed E-state index contributed by atoms with van der Waals surface area (Å²) in [7, 11) is 0. The molecule has 2 amide bonds. The topological polar surface area (TPSA) is 105 Å². The average Bonchev–Trinajstić information content (AvgIpc) is 3.51. The van der Waals surface area contributed by atoms with Crippen LogP contribution in [-0.2, 0) is 11.2 Å². The second-order valence-electron chi connectivity index (χ2n) is 10.5. The number of thiophene rings is 1. The van der Waals surface area contributed by atoms with E-state index < -0.39 is 17.9 Å². The molecule has 0 saturated heterocycles. The molecule has 1 aromatic heterocycles. The van der Waals surface area contributed by atoms with Gasteiger partial charge in [0.05, 0.1) is 16.1 Å². The van der Waals surface area contributed by atoms with Crippen molar-refractivity contribution in [2.24, 2.45) is 0 Å². The highest BCUT2D eigenvalue weighted by molar-refractivity contribution is 9.10. The first kappa shape index (κ1) is 30.8. The Kier molecular flexibility index (Phi) is 9.23. The van der Waals surface area contributed by atoms with Crippen molar-refractivity contribution < 1.29 is 24.2 Å². The Morgan fingerprint density at radius 1 is 0.783 bits per heavy atom. The quantitative estimate of drug-likeness (QED) is 0.133. The molecule has 0 radical (unpaired) electrons. The highest BCUT2D eigenvalue weighted by atomic mass is 79.9. The zero-order chi connectivity index (χ0) is 32.0. The molecular formula is C37H27BrN2O5S. The molecule has 1 heterocycles. The number of nitrogens with one attached hydrogen (secondary N) is 2. The van der Waals surface area contributed by atoms with E-state index in [0.717, 1.165) is 32.5 Å². The van der Waals surface area contributed by atoms with Gasteiger partial charge in [-0.3, -0.25) is 9.59 Å². The van der Waals surface area contributed by atoms with Gasteiger partial charge in [-0.2, -0.15) is 0 Å². The fourth-order valence-corrected chi connectivity index (χ4v) is 6.31. The van der Waals surface area contributed by atoms with Crippen LogP contribution in [0.15, 0.2) is 132 Å². The number of amides is 2. The van der Waals surface area contributed by atoms with Gasteiger partial charge in [-0.25, -0.2) is 4.79 Å². The molecule has 0 saturated carbocycles. The molecule has 0 aliphatic heterocycles. The molecule has 5 aromatic carbocycles. The lowest BCUT2D eigenvalue weighted by Crippen LogP contribution is -2.42. The Labute approximate surface area is 277 Å². The van der Waals surface area contributed by atoms with Crippen molar-refractivity contribution >= 4 is 60.8 Å². The number of hydrogen-bond donors (Lipinski definition) is 3. The lowest BCUT2D eigenvalue weighted by Gasteiger charge is -2.17. The molecule has 1 unspecified atom stereocenters. The molecule has 6 aromatic rings. The fourth-order valence-electron chi connectivity index (χ4n) is 4.99. The van der Waals surface area contributed by atoms with Gasteiger partial charge in [0.25, 0.3) is 11.8 Å². The number of rotatable bonds is 10. The predicted molar refractivity (Wildman–Crippen MR) is 185 cm³/mol. The van der Waals surface area contributed by atoms with E-state index in [4.69, 9.17) is 4.74 Å². The van der Waals surface area contributed by atoms with Gasteiger partial charge < -0.3 is 20.5 Å². The average molecular weight is 692 g/mol. The number of halogens is 1. The first-order chi connectivity index (χ1) is 22.3. The van der Waals surface area contributed by atoms with Crippen molar-refractivity contribution in [1.29, 1.82) is 0 Å². The molecule has 9 heteroatoms. The number of benzene rings is 5. The molecule has 0 spiro atoms. The number of carboxylic acids is 1. The summed E-state index contributed by atoms with van der Waals surface area (Å²) in [5, 5.41) is 16.4. The van der Waals surface area contributed by atoms with Crippen molar-refractivity contribution in [2.45, 2.75) is 12.5 Å². The molecule has 6 rings (SSSR count). The van der Waals surface area contributed by atoms with E-state index in [0.29, 0.717) is 15.1 Å². The highest BCUT2D eigenvalue weighted by Gasteiger charge is 2.24. The molecular weight excluding hydrogens is 664 g/mol. The van der Waals surface area contributed by atoms with Crippen LogP contribution in [-0.4, -0.2) is 28.9 Å². The third kappa shape index (κ3) is 7.17. The van der Waals surface area contributed by atoms with Gasteiger partial charge in [-0.15, -0.1) is 11.3 Å². The second kappa shape index (κ2) is 13.8. The van der Waals surface area contributed by atoms with Crippen molar-refractivity contribution in [3.8, 4) is 22.6 Å². The normalized spacial score (nSPS) is 11.5. The van der Waals surface area contributed by atoms with Crippen LogP contribution in [0.25, 0.3) is 21.2 Å². The molecule has 1 atom stereocenters. The summed E-state index contributed by atoms with van der Waals surface area (Å²) in [6, 6.07) is 37.8. The summed E-state index contributed by atoms with van der Waals surface area (Å²) in [5.41, 5.74) is 2.93. The summed E-state index contributed by atoms with van der Waals surface area (Å²) in [6.45, 7) is 0. The molecule has 228 valence electrons. The van der Waals surface area contributed by atoms with Gasteiger partial charge in [-0.05, 0) is 65.0 Å². The van der Waals surface area contributed by atoms with Crippen LogP contribution in [0.2, 0.25) is 0 Å². The standard InChI is InChI=1S/C37H27BrN2O5S/c38-26-18-19-30(39-36(42)34-21-25-8-4-7-13-33(25)46-34)29(22-26)35(41)40-31(37(43)44)20-23-14-16-24(17-15-23)28-11-5-6-12-32(28)45-27-9-2-1-3-10-27/h1-19,21-22,31H,20H2,(H,39,42)(H,40,41)(H,43,44). The number of para-hydroxylation sites is 2. The van der Waals surface area contributed by atoms with Gasteiger partial charge in [0.2, 0.25) is 0 Å². The number of hydrogen-bond acceptors (Lipinski definition) is 5. The van der Waals surface area contributed by atoms with E-state index in [1.165, 1.54) is 11.3 Å². The van der Waals surface area contributed by atoms with E-state index in [2.05, 4.69) is 26.6 Å². The molecule has 7 nitrogen and oxygen atoms in total. The summed E-state index contributed by atoms with van der Waals surface area (Å²) < 4.78 is 7.69. The minimum absolute atomic E-state index is 0.0565. The SMILES string of the molecule is O=C(Nc1ccc(Br)cc1C(=O)NC(Cc1ccc(-c2ccccc2Oc2ccccc2)cc1)C(=O)O)c1cc2ccccc2s1. The van der Waals surface area contributed by atoms with E-state index >= 15 is 0 Å². The zero-order valence-electron chi connectivity index (χ0n) is 24.3. The van der Waals surface area contributed by atoms with Crippen molar-refractivity contribution in [3.63, 3.8) is 0 Å². The van der Waals surface area contributed by atoms with Crippen LogP contribution < -0.4 is 15.4 Å². The highest BCUT2D eigenvalue weighted by Crippen LogP contribution is 2.33. The summed E-state index contributed by atoms with van der Waals surface area (Å²) in [5.74, 6) is -0.738. The monoisotopic (exact) mass is 690 g/mol.